The summed E-state index contributed by atoms with van der Waals surface area (Å²) in [4.78, 5) is 14.7. The average Bonchev–Trinajstić information content (AvgIpc) is 2.51. The molecule has 0 saturated carbocycles. The molecule has 1 amide bonds. The summed E-state index contributed by atoms with van der Waals surface area (Å²) in [6, 6.07) is 12.0. The summed E-state index contributed by atoms with van der Waals surface area (Å²) in [7, 11) is 3.99. The van der Waals surface area contributed by atoms with Crippen molar-refractivity contribution >= 4 is 5.91 Å². The first-order valence-corrected chi connectivity index (χ1v) is 8.14. The number of halogens is 1. The van der Waals surface area contributed by atoms with Crippen LogP contribution in [0.15, 0.2) is 42.5 Å². The maximum Gasteiger partial charge on any atom is 0.251 e. The lowest BCUT2D eigenvalue weighted by molar-refractivity contribution is 0.0932. The molecule has 24 heavy (non-hydrogen) atoms. The molecule has 0 aromatic heterocycles. The van der Waals surface area contributed by atoms with E-state index in [0.29, 0.717) is 5.56 Å². The van der Waals surface area contributed by atoms with Crippen LogP contribution < -0.4 is 5.32 Å². The Labute approximate surface area is 143 Å². The van der Waals surface area contributed by atoms with Gasteiger partial charge in [0.25, 0.3) is 5.91 Å². The molecule has 1 unspecified atom stereocenters. The monoisotopic (exact) mass is 328 g/mol. The Hall–Kier alpha value is -2.20. The Morgan fingerprint density at radius 2 is 1.67 bits per heavy atom. The summed E-state index contributed by atoms with van der Waals surface area (Å²) in [6.45, 7) is 4.79. The second-order valence-corrected chi connectivity index (χ2v) is 6.55. The molecule has 0 fully saturated rings. The predicted molar refractivity (Wildman–Crippen MR) is 95.7 cm³/mol. The zero-order chi connectivity index (χ0) is 17.7. The van der Waals surface area contributed by atoms with Crippen molar-refractivity contribution in [3.05, 3.63) is 70.5 Å². The summed E-state index contributed by atoms with van der Waals surface area (Å²) in [6.07, 6.45) is 0.759. The molecular weight excluding hydrogens is 303 g/mol. The van der Waals surface area contributed by atoms with Crippen molar-refractivity contribution < 1.29 is 9.18 Å². The molecule has 0 aliphatic carbocycles. The van der Waals surface area contributed by atoms with E-state index < -0.39 is 0 Å². The third kappa shape index (κ3) is 5.17. The first kappa shape index (κ1) is 18.1. The van der Waals surface area contributed by atoms with Gasteiger partial charge in [0, 0.05) is 5.56 Å². The van der Waals surface area contributed by atoms with E-state index in [1.54, 1.807) is 12.1 Å². The van der Waals surface area contributed by atoms with E-state index in [1.165, 1.54) is 12.1 Å². The van der Waals surface area contributed by atoms with Crippen LogP contribution in [0.1, 0.15) is 39.5 Å². The second-order valence-electron chi connectivity index (χ2n) is 6.55. The number of nitrogens with zero attached hydrogens (tertiary/aromatic N) is 1. The smallest absolute Gasteiger partial charge is 0.251 e. The van der Waals surface area contributed by atoms with E-state index in [9.17, 15) is 9.18 Å². The minimum absolute atomic E-state index is 0.102. The lowest BCUT2D eigenvalue weighted by Gasteiger charge is -2.21. The van der Waals surface area contributed by atoms with Crippen molar-refractivity contribution in [2.24, 2.45) is 0 Å². The van der Waals surface area contributed by atoms with Gasteiger partial charge >= 0.3 is 0 Å². The van der Waals surface area contributed by atoms with Crippen LogP contribution in [0, 0.1) is 19.7 Å². The number of rotatable bonds is 6. The molecule has 0 saturated heterocycles. The van der Waals surface area contributed by atoms with Crippen LogP contribution >= 0.6 is 0 Å². The van der Waals surface area contributed by atoms with Crippen molar-refractivity contribution in [3.8, 4) is 0 Å². The number of amides is 1. The molecule has 128 valence electrons. The highest BCUT2D eigenvalue weighted by Gasteiger charge is 2.16. The maximum absolute atomic E-state index is 13.2. The molecule has 2 rings (SSSR count). The van der Waals surface area contributed by atoms with Crippen molar-refractivity contribution in [3.63, 3.8) is 0 Å². The number of benzene rings is 2. The van der Waals surface area contributed by atoms with Crippen LogP contribution in [0.3, 0.4) is 0 Å². The van der Waals surface area contributed by atoms with Gasteiger partial charge in [-0.3, -0.25) is 4.79 Å². The van der Waals surface area contributed by atoms with Crippen molar-refractivity contribution in [2.45, 2.75) is 26.3 Å². The minimum Gasteiger partial charge on any atom is -0.345 e. The average molecular weight is 328 g/mol. The molecular formula is C20H25FN2O. The first-order valence-electron chi connectivity index (χ1n) is 8.14. The van der Waals surface area contributed by atoms with E-state index in [1.807, 2.05) is 46.1 Å². The van der Waals surface area contributed by atoms with Crippen LogP contribution in [0.4, 0.5) is 4.39 Å². The fraction of sp³-hybridized carbons (Fsp3) is 0.350. The normalized spacial score (nSPS) is 12.2. The highest BCUT2D eigenvalue weighted by molar-refractivity contribution is 5.94. The van der Waals surface area contributed by atoms with Crippen LogP contribution in [-0.2, 0) is 0 Å². The predicted octanol–water partition coefficient (Wildman–Crippen LogP) is 3.87. The molecule has 0 radical (unpaired) electrons. The SMILES string of the molecule is Cc1cc(C)cc(C(=O)NC(CCN(C)C)c2ccc(F)cc2)c1. The van der Waals surface area contributed by atoms with Gasteiger partial charge in [0.1, 0.15) is 5.82 Å². The number of hydrogen-bond acceptors (Lipinski definition) is 2. The van der Waals surface area contributed by atoms with Crippen LogP contribution in [0.5, 0.6) is 0 Å². The fourth-order valence-corrected chi connectivity index (χ4v) is 2.75. The van der Waals surface area contributed by atoms with Crippen molar-refractivity contribution in [1.29, 1.82) is 0 Å². The van der Waals surface area contributed by atoms with Gasteiger partial charge < -0.3 is 10.2 Å². The molecule has 2 aromatic carbocycles. The molecule has 4 heteroatoms. The number of aryl methyl sites for hydroxylation is 2. The van der Waals surface area contributed by atoms with Gasteiger partial charge in [-0.25, -0.2) is 4.39 Å². The van der Waals surface area contributed by atoms with Crippen molar-refractivity contribution in [1.82, 2.24) is 10.2 Å². The largest absolute Gasteiger partial charge is 0.345 e. The number of carbonyl (C=O) groups excluding carboxylic acids is 1. The summed E-state index contributed by atoms with van der Waals surface area (Å²) in [5.41, 5.74) is 3.69. The second kappa shape index (κ2) is 8.06. The molecule has 3 nitrogen and oxygen atoms in total. The molecule has 0 spiro atoms. The van der Waals surface area contributed by atoms with Crippen LogP contribution in [0.2, 0.25) is 0 Å². The first-order chi connectivity index (χ1) is 11.3. The number of hydrogen-bond donors (Lipinski definition) is 1. The third-order valence-electron chi connectivity index (χ3n) is 3.93. The Morgan fingerprint density at radius 1 is 1.08 bits per heavy atom. The zero-order valence-electron chi connectivity index (χ0n) is 14.8. The number of nitrogens with one attached hydrogen (secondary N) is 1. The summed E-state index contributed by atoms with van der Waals surface area (Å²) in [5.74, 6) is -0.374. The third-order valence-corrected chi connectivity index (χ3v) is 3.93. The Kier molecular flexibility index (Phi) is 6.10. The Balaban J connectivity index is 2.20. The van der Waals surface area contributed by atoms with E-state index in [2.05, 4.69) is 10.2 Å². The number of carbonyl (C=O) groups is 1. The molecule has 0 bridgehead atoms. The summed E-state index contributed by atoms with van der Waals surface area (Å²) >= 11 is 0. The highest BCUT2D eigenvalue weighted by atomic mass is 19.1. The van der Waals surface area contributed by atoms with Gasteiger partial charge in [0.15, 0.2) is 0 Å². The molecule has 1 atom stereocenters. The topological polar surface area (TPSA) is 32.3 Å². The molecule has 2 aromatic rings. The van der Waals surface area contributed by atoms with Gasteiger partial charge in [-0.05, 0) is 70.7 Å². The molecule has 0 heterocycles. The quantitative estimate of drug-likeness (QED) is 0.873. The summed E-state index contributed by atoms with van der Waals surface area (Å²) < 4.78 is 13.2. The van der Waals surface area contributed by atoms with Crippen LogP contribution in [0.25, 0.3) is 0 Å². The van der Waals surface area contributed by atoms with Gasteiger partial charge in [0.05, 0.1) is 6.04 Å². The fourth-order valence-electron chi connectivity index (χ4n) is 2.75. The van der Waals surface area contributed by atoms with E-state index >= 15 is 0 Å². The standard InChI is InChI=1S/C20H25FN2O/c1-14-11-15(2)13-17(12-14)20(24)22-19(9-10-23(3)4)16-5-7-18(21)8-6-16/h5-8,11-13,19H,9-10H2,1-4H3,(H,22,24). The Bertz CT molecular complexity index is 675. The van der Waals surface area contributed by atoms with Gasteiger partial charge in [-0.15, -0.1) is 0 Å². The van der Waals surface area contributed by atoms with E-state index in [4.69, 9.17) is 0 Å². The van der Waals surface area contributed by atoms with Gasteiger partial charge in [0.2, 0.25) is 0 Å². The molecule has 0 aliphatic rings. The van der Waals surface area contributed by atoms with Gasteiger partial charge in [-0.2, -0.15) is 0 Å². The van der Waals surface area contributed by atoms with Crippen LogP contribution in [-0.4, -0.2) is 31.4 Å². The molecule has 0 aliphatic heterocycles. The lowest BCUT2D eigenvalue weighted by Crippen LogP contribution is -2.31. The molecule has 1 N–H and O–H groups in total. The minimum atomic E-state index is -0.272. The summed E-state index contributed by atoms with van der Waals surface area (Å²) in [5, 5.41) is 3.09. The van der Waals surface area contributed by atoms with E-state index in [-0.39, 0.29) is 17.8 Å². The van der Waals surface area contributed by atoms with E-state index in [0.717, 1.165) is 29.7 Å². The zero-order valence-corrected chi connectivity index (χ0v) is 14.8. The van der Waals surface area contributed by atoms with Gasteiger partial charge in [-0.1, -0.05) is 29.3 Å². The maximum atomic E-state index is 13.2. The van der Waals surface area contributed by atoms with Crippen molar-refractivity contribution in [2.75, 3.05) is 20.6 Å². The Morgan fingerprint density at radius 3 is 2.21 bits per heavy atom. The highest BCUT2D eigenvalue weighted by Crippen LogP contribution is 2.19. The lowest BCUT2D eigenvalue weighted by atomic mass is 10.0.